The Morgan fingerprint density at radius 3 is 2.81 bits per heavy atom. The Bertz CT molecular complexity index is 1300. The van der Waals surface area contributed by atoms with Crippen molar-refractivity contribution in [3.63, 3.8) is 0 Å². The van der Waals surface area contributed by atoms with E-state index < -0.39 is 17.3 Å². The molecule has 37 heavy (non-hydrogen) atoms. The van der Waals surface area contributed by atoms with Crippen LogP contribution in [0.1, 0.15) is 60.0 Å². The second-order valence-electron chi connectivity index (χ2n) is 11.2. The van der Waals surface area contributed by atoms with Gasteiger partial charge in [0, 0.05) is 55.7 Å². The number of hydrogen-bond acceptors (Lipinski definition) is 7. The highest BCUT2D eigenvalue weighted by molar-refractivity contribution is 5.95. The number of Topliss-reactive ketones (excluding diaryl/α,β-unsaturated/α-hetero) is 1. The first-order chi connectivity index (χ1) is 17.8. The minimum atomic E-state index is -0.644. The Hall–Kier alpha value is -3.15. The maximum absolute atomic E-state index is 15.2. The summed E-state index contributed by atoms with van der Waals surface area (Å²) in [6.45, 7) is 1.66. The van der Waals surface area contributed by atoms with Gasteiger partial charge in [0.15, 0.2) is 5.78 Å². The van der Waals surface area contributed by atoms with Crippen molar-refractivity contribution in [2.24, 2.45) is 11.8 Å². The Morgan fingerprint density at radius 2 is 2.14 bits per heavy atom. The molecule has 3 fully saturated rings. The fraction of sp³-hybridized carbons (Fsp3) is 0.517. The number of ether oxygens (including phenoxy) is 1. The third-order valence-corrected chi connectivity index (χ3v) is 8.85. The molecule has 3 aliphatic heterocycles. The van der Waals surface area contributed by atoms with Gasteiger partial charge in [-0.15, -0.1) is 0 Å². The summed E-state index contributed by atoms with van der Waals surface area (Å²) in [6.07, 6.45) is 6.51. The van der Waals surface area contributed by atoms with Crippen molar-refractivity contribution in [3.8, 4) is 17.3 Å². The number of carbonyl (C=O) groups is 2. The number of pyridine rings is 1. The van der Waals surface area contributed by atoms with Crippen LogP contribution in [-0.4, -0.2) is 53.9 Å². The molecule has 1 aromatic heterocycles. The average molecular weight is 503 g/mol. The van der Waals surface area contributed by atoms with Crippen LogP contribution in [0.15, 0.2) is 30.5 Å². The number of nitriles is 1. The fourth-order valence-corrected chi connectivity index (χ4v) is 6.68. The van der Waals surface area contributed by atoms with E-state index in [-0.39, 0.29) is 30.6 Å². The SMILES string of the molecule is CN1CCC2(CC1)OC(=O)c1cnc(-c3ccc(C[C@@H](C#N)CC(=O)[C@H]4N[C@@H]5CC[C@H]4C5)c(F)c3)cc12. The number of likely N-dealkylation sites (tertiary alicyclic amines) is 1. The van der Waals surface area contributed by atoms with Crippen molar-refractivity contribution in [2.75, 3.05) is 20.1 Å². The summed E-state index contributed by atoms with van der Waals surface area (Å²) in [6, 6.07) is 9.24. The van der Waals surface area contributed by atoms with Gasteiger partial charge in [0.1, 0.15) is 11.4 Å². The van der Waals surface area contributed by atoms with Gasteiger partial charge in [0.2, 0.25) is 0 Å². The average Bonchev–Trinajstić information content (AvgIpc) is 3.60. The number of carbonyl (C=O) groups excluding carboxylic acids is 2. The molecule has 4 heterocycles. The van der Waals surface area contributed by atoms with Gasteiger partial charge in [0.25, 0.3) is 0 Å². The molecular formula is C29H31FN4O3. The second-order valence-corrected chi connectivity index (χ2v) is 11.2. The molecule has 2 aromatic rings. The summed E-state index contributed by atoms with van der Waals surface area (Å²) >= 11 is 0. The summed E-state index contributed by atoms with van der Waals surface area (Å²) in [5.41, 5.74) is 2.26. The van der Waals surface area contributed by atoms with Crippen LogP contribution in [0.2, 0.25) is 0 Å². The third kappa shape index (κ3) is 4.34. The molecule has 0 unspecified atom stereocenters. The Kier molecular flexibility index (Phi) is 6.09. The molecule has 2 saturated heterocycles. The normalized spacial score (nSPS) is 26.6. The topological polar surface area (TPSA) is 95.3 Å². The van der Waals surface area contributed by atoms with E-state index in [2.05, 4.69) is 28.3 Å². The number of benzene rings is 1. The van der Waals surface area contributed by atoms with Gasteiger partial charge in [-0.05, 0) is 56.3 Å². The monoisotopic (exact) mass is 502 g/mol. The van der Waals surface area contributed by atoms with Crippen molar-refractivity contribution in [1.29, 1.82) is 5.26 Å². The number of piperidine rings is 2. The molecule has 1 aromatic carbocycles. The predicted octanol–water partition coefficient (Wildman–Crippen LogP) is 3.76. The summed E-state index contributed by atoms with van der Waals surface area (Å²) in [7, 11) is 2.05. The van der Waals surface area contributed by atoms with Crippen molar-refractivity contribution in [1.82, 2.24) is 15.2 Å². The molecule has 1 spiro atoms. The number of hydrogen-bond donors (Lipinski definition) is 1. The molecule has 7 nitrogen and oxygen atoms in total. The van der Waals surface area contributed by atoms with Crippen LogP contribution in [0.5, 0.6) is 0 Å². The highest BCUT2D eigenvalue weighted by Gasteiger charge is 2.47. The maximum atomic E-state index is 15.2. The fourth-order valence-electron chi connectivity index (χ4n) is 6.68. The standard InChI is InChI=1S/C29H31FN4O3/c1-34-8-6-29(7-9-34)23-14-25(32-16-22(23)28(36)37-29)19-3-2-18(24(30)13-19)10-17(15-31)11-26(35)27-20-4-5-21(12-20)33-27/h2-3,13-14,16-17,20-21,27,33H,4-12H2,1H3/t17-,20+,21-,27+/m1/s1. The number of nitrogens with one attached hydrogen (secondary N) is 1. The van der Waals surface area contributed by atoms with E-state index >= 15 is 4.39 Å². The maximum Gasteiger partial charge on any atom is 0.341 e. The highest BCUT2D eigenvalue weighted by Crippen LogP contribution is 2.44. The van der Waals surface area contributed by atoms with E-state index in [9.17, 15) is 14.9 Å². The minimum Gasteiger partial charge on any atom is -0.450 e. The highest BCUT2D eigenvalue weighted by atomic mass is 19.1. The molecule has 8 heteroatoms. The quantitative estimate of drug-likeness (QED) is 0.601. The van der Waals surface area contributed by atoms with Crippen LogP contribution in [-0.2, 0) is 21.6 Å². The first-order valence-corrected chi connectivity index (χ1v) is 13.2. The first kappa shape index (κ1) is 24.2. The second kappa shape index (κ2) is 9.30. The summed E-state index contributed by atoms with van der Waals surface area (Å²) in [5.74, 6) is -0.899. The largest absolute Gasteiger partial charge is 0.450 e. The first-order valence-electron chi connectivity index (χ1n) is 13.2. The van der Waals surface area contributed by atoms with Gasteiger partial charge in [-0.2, -0.15) is 5.26 Å². The summed E-state index contributed by atoms with van der Waals surface area (Å²) < 4.78 is 21.0. The molecule has 1 aliphatic carbocycles. The minimum absolute atomic E-state index is 0.0673. The van der Waals surface area contributed by atoms with Gasteiger partial charge in [-0.1, -0.05) is 12.1 Å². The van der Waals surface area contributed by atoms with Crippen LogP contribution in [0.4, 0.5) is 4.39 Å². The van der Waals surface area contributed by atoms with E-state index in [1.54, 1.807) is 12.1 Å². The number of ketones is 1. The zero-order valence-corrected chi connectivity index (χ0v) is 21.0. The van der Waals surface area contributed by atoms with Crippen molar-refractivity contribution in [3.05, 3.63) is 53.0 Å². The molecule has 1 saturated carbocycles. The zero-order valence-electron chi connectivity index (χ0n) is 21.0. The lowest BCUT2D eigenvalue weighted by atomic mass is 9.83. The molecule has 2 bridgehead atoms. The van der Waals surface area contributed by atoms with E-state index in [1.807, 2.05) is 6.07 Å². The summed E-state index contributed by atoms with van der Waals surface area (Å²) in [4.78, 5) is 32.0. The lowest BCUT2D eigenvalue weighted by Crippen LogP contribution is -2.42. The Morgan fingerprint density at radius 1 is 1.32 bits per heavy atom. The lowest BCUT2D eigenvalue weighted by molar-refractivity contribution is -0.122. The number of aromatic nitrogens is 1. The molecule has 0 radical (unpaired) electrons. The molecule has 192 valence electrons. The molecule has 1 N–H and O–H groups in total. The van der Waals surface area contributed by atoms with Gasteiger partial charge in [-0.25, -0.2) is 9.18 Å². The van der Waals surface area contributed by atoms with Crippen LogP contribution < -0.4 is 5.32 Å². The zero-order chi connectivity index (χ0) is 25.7. The van der Waals surface area contributed by atoms with Gasteiger partial charge in [-0.3, -0.25) is 9.78 Å². The molecular weight excluding hydrogens is 471 g/mol. The molecule has 0 amide bonds. The molecule has 6 rings (SSSR count). The van der Waals surface area contributed by atoms with Gasteiger partial charge >= 0.3 is 5.97 Å². The van der Waals surface area contributed by atoms with E-state index in [0.717, 1.165) is 37.9 Å². The summed E-state index contributed by atoms with van der Waals surface area (Å²) in [5, 5.41) is 13.1. The number of halogens is 1. The number of esters is 1. The van der Waals surface area contributed by atoms with Crippen LogP contribution >= 0.6 is 0 Å². The van der Waals surface area contributed by atoms with Crippen LogP contribution in [0.25, 0.3) is 11.3 Å². The van der Waals surface area contributed by atoms with Crippen LogP contribution in [0.3, 0.4) is 0 Å². The van der Waals surface area contributed by atoms with E-state index in [4.69, 9.17) is 4.74 Å². The predicted molar refractivity (Wildman–Crippen MR) is 134 cm³/mol. The number of rotatable bonds is 6. The van der Waals surface area contributed by atoms with Gasteiger partial charge < -0.3 is 15.0 Å². The third-order valence-electron chi connectivity index (χ3n) is 8.85. The van der Waals surface area contributed by atoms with E-state index in [0.29, 0.717) is 47.2 Å². The van der Waals surface area contributed by atoms with E-state index in [1.165, 1.54) is 12.3 Å². The van der Waals surface area contributed by atoms with Gasteiger partial charge in [0.05, 0.1) is 29.3 Å². The Labute approximate surface area is 216 Å². The van der Waals surface area contributed by atoms with Crippen molar-refractivity contribution < 1.29 is 18.7 Å². The number of nitrogens with zero attached hydrogens (tertiary/aromatic N) is 3. The van der Waals surface area contributed by atoms with Crippen molar-refractivity contribution in [2.45, 2.75) is 62.6 Å². The molecule has 4 atom stereocenters. The Balaban J connectivity index is 1.18. The smallest absolute Gasteiger partial charge is 0.341 e. The van der Waals surface area contributed by atoms with Crippen LogP contribution in [0, 0.1) is 29.0 Å². The lowest BCUT2D eigenvalue weighted by Gasteiger charge is -2.37. The van der Waals surface area contributed by atoms with Crippen molar-refractivity contribution >= 4 is 11.8 Å². The number of fused-ring (bicyclic) bond motifs is 4. The molecule has 4 aliphatic rings.